The van der Waals surface area contributed by atoms with Crippen LogP contribution in [0.4, 0.5) is 0 Å². The Bertz CT molecular complexity index is 407. The zero-order chi connectivity index (χ0) is 12.7. The molecule has 0 radical (unpaired) electrons. The minimum absolute atomic E-state index is 0.281. The highest BCUT2D eigenvalue weighted by Gasteiger charge is 2.26. The molecule has 4 heteroatoms. The molecule has 1 aromatic rings. The van der Waals surface area contributed by atoms with E-state index in [0.29, 0.717) is 13.2 Å². The van der Waals surface area contributed by atoms with Gasteiger partial charge in [0.25, 0.3) is 0 Å². The molecule has 1 N–H and O–H groups in total. The molecule has 17 heavy (non-hydrogen) atoms. The highest BCUT2D eigenvalue weighted by molar-refractivity contribution is 5.84. The van der Waals surface area contributed by atoms with Crippen LogP contribution < -0.4 is 10.1 Å². The van der Waals surface area contributed by atoms with Crippen molar-refractivity contribution in [2.75, 3.05) is 13.2 Å². The maximum atomic E-state index is 11.5. The van der Waals surface area contributed by atoms with Crippen LogP contribution in [0.5, 0.6) is 5.75 Å². The molecule has 1 amide bonds. The second-order valence-corrected chi connectivity index (χ2v) is 4.15. The molecule has 0 aliphatic carbocycles. The first-order chi connectivity index (χ1) is 8.06. The zero-order valence-corrected chi connectivity index (χ0v) is 10.1. The summed E-state index contributed by atoms with van der Waals surface area (Å²) in [5.74, 6) is 0.484. The van der Waals surface area contributed by atoms with Crippen LogP contribution in [0.2, 0.25) is 0 Å². The summed E-state index contributed by atoms with van der Waals surface area (Å²) in [6.45, 7) is 3.94. The number of hydrogen-bond donors (Lipinski definition) is 1. The lowest BCUT2D eigenvalue weighted by atomic mass is 9.95. The van der Waals surface area contributed by atoms with Gasteiger partial charge in [-0.1, -0.05) is 18.2 Å². The average Bonchev–Trinajstić information content (AvgIpc) is 2.35. The summed E-state index contributed by atoms with van der Waals surface area (Å²) in [5.41, 5.74) is -0.993. The summed E-state index contributed by atoms with van der Waals surface area (Å²) in [5, 5.41) is 11.4. The number of nitriles is 1. The van der Waals surface area contributed by atoms with Crippen LogP contribution in [0.25, 0.3) is 0 Å². The smallest absolute Gasteiger partial charge is 0.240 e. The molecule has 0 unspecified atom stereocenters. The molecule has 0 saturated heterocycles. The standard InChI is InChI=1S/C13H16N2O2/c1-13(2,10-14)12(16)15-8-9-17-11-6-4-3-5-7-11/h3-7H,8-9H2,1-2H3,(H,15,16). The molecular weight excluding hydrogens is 216 g/mol. The number of carbonyl (C=O) groups is 1. The van der Waals surface area contributed by atoms with Gasteiger partial charge in [-0.25, -0.2) is 0 Å². The van der Waals surface area contributed by atoms with Crippen molar-refractivity contribution in [1.82, 2.24) is 5.32 Å². The molecular formula is C13H16N2O2. The third kappa shape index (κ3) is 4.15. The zero-order valence-electron chi connectivity index (χ0n) is 10.1. The molecule has 4 nitrogen and oxygen atoms in total. The number of amides is 1. The Labute approximate surface area is 101 Å². The van der Waals surface area contributed by atoms with Gasteiger partial charge in [0.1, 0.15) is 17.8 Å². The first-order valence-electron chi connectivity index (χ1n) is 5.43. The van der Waals surface area contributed by atoms with E-state index in [-0.39, 0.29) is 5.91 Å². The predicted octanol–water partition coefficient (Wildman–Crippen LogP) is 1.73. The van der Waals surface area contributed by atoms with Crippen LogP contribution in [0.15, 0.2) is 30.3 Å². The molecule has 0 atom stereocenters. The second kappa shape index (κ2) is 5.90. The maximum absolute atomic E-state index is 11.5. The fourth-order valence-corrected chi connectivity index (χ4v) is 1.12. The third-order valence-electron chi connectivity index (χ3n) is 2.25. The Morgan fingerprint density at radius 3 is 2.65 bits per heavy atom. The second-order valence-electron chi connectivity index (χ2n) is 4.15. The topological polar surface area (TPSA) is 62.1 Å². The van der Waals surface area contributed by atoms with Crippen molar-refractivity contribution in [1.29, 1.82) is 5.26 Å². The van der Waals surface area contributed by atoms with Gasteiger partial charge >= 0.3 is 0 Å². The number of carbonyl (C=O) groups excluding carboxylic acids is 1. The van der Waals surface area contributed by atoms with Crippen molar-refractivity contribution >= 4 is 5.91 Å². The number of para-hydroxylation sites is 1. The molecule has 90 valence electrons. The van der Waals surface area contributed by atoms with Gasteiger partial charge in [0.05, 0.1) is 12.6 Å². The van der Waals surface area contributed by atoms with E-state index in [9.17, 15) is 4.79 Å². The van der Waals surface area contributed by atoms with Gasteiger partial charge in [0.15, 0.2) is 0 Å². The van der Waals surface area contributed by atoms with Gasteiger partial charge in [-0.3, -0.25) is 4.79 Å². The van der Waals surface area contributed by atoms with E-state index in [2.05, 4.69) is 5.32 Å². The minimum Gasteiger partial charge on any atom is -0.492 e. The largest absolute Gasteiger partial charge is 0.492 e. The van der Waals surface area contributed by atoms with Crippen molar-refractivity contribution in [2.45, 2.75) is 13.8 Å². The van der Waals surface area contributed by atoms with Gasteiger partial charge < -0.3 is 10.1 Å². The van der Waals surface area contributed by atoms with Gasteiger partial charge in [0.2, 0.25) is 5.91 Å². The van der Waals surface area contributed by atoms with Gasteiger partial charge in [-0.2, -0.15) is 5.26 Å². The SMILES string of the molecule is CC(C)(C#N)C(=O)NCCOc1ccccc1. The van der Waals surface area contributed by atoms with Crippen molar-refractivity contribution < 1.29 is 9.53 Å². The van der Waals surface area contributed by atoms with E-state index in [1.165, 1.54) is 0 Å². The van der Waals surface area contributed by atoms with E-state index in [1.807, 2.05) is 36.4 Å². The third-order valence-corrected chi connectivity index (χ3v) is 2.25. The van der Waals surface area contributed by atoms with Crippen molar-refractivity contribution in [3.05, 3.63) is 30.3 Å². The molecule has 0 aliphatic heterocycles. The van der Waals surface area contributed by atoms with E-state index in [0.717, 1.165) is 5.75 Å². The fourth-order valence-electron chi connectivity index (χ4n) is 1.12. The molecule has 0 aliphatic rings. The number of nitrogens with one attached hydrogen (secondary N) is 1. The Kier molecular flexibility index (Phi) is 4.53. The first-order valence-corrected chi connectivity index (χ1v) is 5.43. The molecule has 1 aromatic carbocycles. The summed E-state index contributed by atoms with van der Waals surface area (Å²) < 4.78 is 5.41. The molecule has 0 saturated carbocycles. The Morgan fingerprint density at radius 2 is 2.06 bits per heavy atom. The lowest BCUT2D eigenvalue weighted by Gasteiger charge is -2.15. The summed E-state index contributed by atoms with van der Waals surface area (Å²) in [4.78, 5) is 11.5. The molecule has 0 aromatic heterocycles. The monoisotopic (exact) mass is 232 g/mol. The lowest BCUT2D eigenvalue weighted by molar-refractivity contribution is -0.126. The Morgan fingerprint density at radius 1 is 1.41 bits per heavy atom. The Hall–Kier alpha value is -2.02. The average molecular weight is 232 g/mol. The van der Waals surface area contributed by atoms with Crippen molar-refractivity contribution in [3.63, 3.8) is 0 Å². The number of benzene rings is 1. The highest BCUT2D eigenvalue weighted by Crippen LogP contribution is 2.12. The van der Waals surface area contributed by atoms with Crippen LogP contribution in [0.3, 0.4) is 0 Å². The van der Waals surface area contributed by atoms with Crippen LogP contribution in [-0.4, -0.2) is 19.1 Å². The van der Waals surface area contributed by atoms with Gasteiger partial charge in [0, 0.05) is 0 Å². The molecule has 0 spiro atoms. The van der Waals surface area contributed by atoms with Crippen molar-refractivity contribution in [3.8, 4) is 11.8 Å². The molecule has 0 bridgehead atoms. The molecule has 1 rings (SSSR count). The van der Waals surface area contributed by atoms with E-state index < -0.39 is 5.41 Å². The van der Waals surface area contributed by atoms with Crippen molar-refractivity contribution in [2.24, 2.45) is 5.41 Å². The van der Waals surface area contributed by atoms with E-state index in [4.69, 9.17) is 10.00 Å². The van der Waals surface area contributed by atoms with Gasteiger partial charge in [-0.05, 0) is 26.0 Å². The number of hydrogen-bond acceptors (Lipinski definition) is 3. The summed E-state index contributed by atoms with van der Waals surface area (Å²) in [6, 6.07) is 11.3. The molecule has 0 heterocycles. The normalized spacial score (nSPS) is 10.4. The number of ether oxygens (including phenoxy) is 1. The Balaban J connectivity index is 2.26. The number of rotatable bonds is 5. The van der Waals surface area contributed by atoms with Crippen LogP contribution in [-0.2, 0) is 4.79 Å². The fraction of sp³-hybridized carbons (Fsp3) is 0.385. The lowest BCUT2D eigenvalue weighted by Crippen LogP contribution is -2.38. The summed E-state index contributed by atoms with van der Waals surface area (Å²) in [6.07, 6.45) is 0. The quantitative estimate of drug-likeness (QED) is 0.786. The summed E-state index contributed by atoms with van der Waals surface area (Å²) >= 11 is 0. The predicted molar refractivity (Wildman–Crippen MR) is 64.3 cm³/mol. The van der Waals surface area contributed by atoms with Crippen LogP contribution >= 0.6 is 0 Å². The van der Waals surface area contributed by atoms with Gasteiger partial charge in [-0.15, -0.1) is 0 Å². The first kappa shape index (κ1) is 13.0. The van der Waals surface area contributed by atoms with Crippen LogP contribution in [0, 0.1) is 16.7 Å². The van der Waals surface area contributed by atoms with E-state index in [1.54, 1.807) is 13.8 Å². The maximum Gasteiger partial charge on any atom is 0.240 e. The van der Waals surface area contributed by atoms with E-state index >= 15 is 0 Å². The minimum atomic E-state index is -0.993. The molecule has 0 fully saturated rings. The number of nitrogens with zero attached hydrogens (tertiary/aromatic N) is 1. The highest BCUT2D eigenvalue weighted by atomic mass is 16.5. The van der Waals surface area contributed by atoms with Crippen LogP contribution in [0.1, 0.15) is 13.8 Å². The summed E-state index contributed by atoms with van der Waals surface area (Å²) in [7, 11) is 0.